The second kappa shape index (κ2) is 19.8. The number of H-pyrrole nitrogens is 2. The van der Waals surface area contributed by atoms with Gasteiger partial charge in [-0.05, 0) is 127 Å². The summed E-state index contributed by atoms with van der Waals surface area (Å²) in [6.45, 7) is 0. The third-order valence-corrected chi connectivity index (χ3v) is 12.4. The van der Waals surface area contributed by atoms with E-state index in [0.29, 0.717) is 13.4 Å². The monoisotopic (exact) mass is 998 g/mol. The molecule has 12 heteroatoms. The largest absolute Gasteiger partial charge is 0.569 e. The van der Waals surface area contributed by atoms with Gasteiger partial charge in [-0.25, -0.2) is 9.97 Å². The number of aromatic nitrogens is 7. The lowest BCUT2D eigenvalue weighted by atomic mass is 9.95. The molecule has 321 valence electrons. The van der Waals surface area contributed by atoms with Crippen molar-refractivity contribution in [2.45, 2.75) is 0 Å². The van der Waals surface area contributed by atoms with E-state index in [4.69, 9.17) is 9.68 Å². The van der Waals surface area contributed by atoms with Gasteiger partial charge in [-0.2, -0.15) is 8.80 Å². The number of pyridine rings is 5. The highest BCUT2D eigenvalue weighted by atomic mass is 79.9. The van der Waals surface area contributed by atoms with Gasteiger partial charge in [0.15, 0.2) is 22.1 Å². The first-order valence-electron chi connectivity index (χ1n) is 21.4. The highest BCUT2D eigenvalue weighted by Gasteiger charge is 2.19. The molecule has 0 saturated heterocycles. The lowest BCUT2D eigenvalue weighted by Crippen LogP contribution is -2.18. The van der Waals surface area contributed by atoms with Crippen molar-refractivity contribution in [1.29, 1.82) is 0 Å². The first kappa shape index (κ1) is 43.1. The molecule has 12 rings (SSSR count). The fourth-order valence-electron chi connectivity index (χ4n) is 8.07. The Morgan fingerprint density at radius 3 is 1.40 bits per heavy atom. The van der Waals surface area contributed by atoms with Crippen LogP contribution in [0.1, 0.15) is 0 Å². The Balaban J connectivity index is 0.000000143. The number of hydrogen-bond donors (Lipinski definition) is 3. The molecule has 0 spiro atoms. The van der Waals surface area contributed by atoms with Crippen molar-refractivity contribution in [2.24, 2.45) is 0 Å². The second-order valence-corrected chi connectivity index (χ2v) is 17.3. The quantitative estimate of drug-likeness (QED) is 0.109. The summed E-state index contributed by atoms with van der Waals surface area (Å²) in [5, 5.41) is 8.45. The van der Waals surface area contributed by atoms with E-state index in [1.54, 1.807) is 36.9 Å². The van der Waals surface area contributed by atoms with Gasteiger partial charge in [0.1, 0.15) is 5.75 Å². The average molecular weight is 1000 g/mol. The lowest BCUT2D eigenvalue weighted by Gasteiger charge is -2.09. The molecule has 0 aliphatic heterocycles. The minimum Gasteiger partial charge on any atom is -0.537 e. The van der Waals surface area contributed by atoms with Crippen LogP contribution in [-0.2, 0) is 0 Å². The number of fused-ring (bicyclic) bond motifs is 6. The molecular weight excluding hydrogens is 961 g/mol. The van der Waals surface area contributed by atoms with Crippen LogP contribution in [-0.4, -0.2) is 37.6 Å². The van der Waals surface area contributed by atoms with Crippen LogP contribution in [0, 0.1) is 0 Å². The van der Waals surface area contributed by atoms with Crippen molar-refractivity contribution in [3.05, 3.63) is 228 Å². The van der Waals surface area contributed by atoms with E-state index in [9.17, 15) is 0 Å². The minimum absolute atomic E-state index is 0.602. The van der Waals surface area contributed by atoms with Crippen molar-refractivity contribution in [3.8, 4) is 61.4 Å². The van der Waals surface area contributed by atoms with E-state index in [0.717, 1.165) is 75.7 Å². The van der Waals surface area contributed by atoms with E-state index >= 15 is 0 Å². The van der Waals surface area contributed by atoms with E-state index in [1.165, 1.54) is 22.3 Å². The van der Waals surface area contributed by atoms with Crippen LogP contribution in [0.15, 0.2) is 228 Å². The number of aromatic amines is 2. The van der Waals surface area contributed by atoms with E-state index < -0.39 is 0 Å². The van der Waals surface area contributed by atoms with Crippen LogP contribution < -0.4 is 13.5 Å². The number of hydrogen-bond acceptors (Lipinski definition) is 5. The van der Waals surface area contributed by atoms with E-state index in [1.807, 2.05) is 73.2 Å². The molecule has 0 fully saturated rings. The predicted octanol–water partition coefficient (Wildman–Crippen LogP) is 12.5. The Morgan fingerprint density at radius 2 is 0.910 bits per heavy atom. The fraction of sp³-hybridized carbons (Fsp3) is 0. The summed E-state index contributed by atoms with van der Waals surface area (Å²) in [4.78, 5) is 19.6. The fourth-order valence-corrected chi connectivity index (χ4v) is 9.37. The first-order valence-corrected chi connectivity index (χ1v) is 23.0. The van der Waals surface area contributed by atoms with E-state index in [2.05, 4.69) is 175 Å². The number of imidazole rings is 2. The number of halogens is 2. The summed E-state index contributed by atoms with van der Waals surface area (Å²) in [5.74, 6) is 0.602. The minimum atomic E-state index is 0.602. The van der Waals surface area contributed by atoms with Gasteiger partial charge < -0.3 is 9.68 Å². The maximum Gasteiger partial charge on any atom is 0.569 e. The van der Waals surface area contributed by atoms with Crippen molar-refractivity contribution in [2.75, 3.05) is 0 Å². The van der Waals surface area contributed by atoms with Gasteiger partial charge in [0.05, 0.1) is 16.9 Å². The molecule has 5 aromatic carbocycles. The number of benzene rings is 5. The van der Waals surface area contributed by atoms with Gasteiger partial charge in [0, 0.05) is 65.4 Å². The Labute approximate surface area is 403 Å². The second-order valence-electron chi connectivity index (χ2n) is 15.5. The predicted molar refractivity (Wildman–Crippen MR) is 274 cm³/mol. The molecule has 0 aliphatic rings. The Bertz CT molecular complexity index is 3600. The third kappa shape index (κ3) is 9.50. The van der Waals surface area contributed by atoms with Gasteiger partial charge in [0.25, 0.3) is 11.3 Å². The molecule has 1 radical (unpaired) electrons. The molecule has 0 aliphatic carbocycles. The zero-order valence-electron chi connectivity index (χ0n) is 35.7. The average Bonchev–Trinajstić information content (AvgIpc) is 3.97. The van der Waals surface area contributed by atoms with Gasteiger partial charge in [-0.15, -0.1) is 0 Å². The van der Waals surface area contributed by atoms with Crippen LogP contribution in [0.5, 0.6) is 5.75 Å². The summed E-state index contributed by atoms with van der Waals surface area (Å²) < 4.78 is 11.3. The van der Waals surface area contributed by atoms with Crippen LogP contribution in [0.4, 0.5) is 0 Å². The normalized spacial score (nSPS) is 10.9. The highest BCUT2D eigenvalue weighted by Crippen LogP contribution is 2.35. The van der Waals surface area contributed by atoms with Crippen LogP contribution in [0.3, 0.4) is 0 Å². The Morgan fingerprint density at radius 1 is 0.448 bits per heavy atom. The summed E-state index contributed by atoms with van der Waals surface area (Å²) in [5.41, 5.74) is 18.0. The Kier molecular flexibility index (Phi) is 12.7. The molecule has 0 atom stereocenters. The molecule has 9 nitrogen and oxygen atoms in total. The topological polar surface area (TPSA) is 108 Å². The smallest absolute Gasteiger partial charge is 0.537 e. The third-order valence-electron chi connectivity index (χ3n) is 11.3. The number of rotatable bonds is 7. The van der Waals surface area contributed by atoms with Crippen LogP contribution >= 0.6 is 31.9 Å². The van der Waals surface area contributed by atoms with Gasteiger partial charge in [0.2, 0.25) is 0 Å². The summed E-state index contributed by atoms with van der Waals surface area (Å²) >= 11 is 7.05. The molecule has 12 aromatic rings. The number of nitrogens with one attached hydrogen (secondary N) is 2. The van der Waals surface area contributed by atoms with Gasteiger partial charge in [-0.1, -0.05) is 107 Å². The van der Waals surface area contributed by atoms with Crippen LogP contribution in [0.2, 0.25) is 0 Å². The molecular formula is C55H39BBr2N7O2+2. The molecule has 67 heavy (non-hydrogen) atoms. The SMILES string of the molecule is Brc1cc(Br)c2[nH]c3cccc[n+]3c2c1.O[B]Oc1ccc(-c2cccnc2)cc1.c1cncc(-c2ccc(-c3cc(-c4ccc(-c5cccnc5)cc4)c4[nH]c5cccc[n+]5c4c3)cc2)c1. The standard InChI is InChI=1S/C33H22N4.C11H9BNO2.C11H6Br2N2/c1-2-18-37-31-20-29(25-10-8-23(9-11-25)27-5-3-16-34-21-27)19-30(33(31)36-32(37)7-1)26-14-12-24(13-15-26)28-6-4-17-35-22-28;14-12-15-11-5-3-9(4-6-11)10-2-1-7-13-8-10;12-7-5-8(13)11-9(6-7)15-4-2-1-3-10(15)14-11/h1-22H;1-8,14H;1-6H/p+2. The Hall–Kier alpha value is -7.77. The maximum absolute atomic E-state index is 8.45. The summed E-state index contributed by atoms with van der Waals surface area (Å²) in [7, 11) is 0.666. The van der Waals surface area contributed by atoms with Crippen molar-refractivity contribution < 1.29 is 18.5 Å². The summed E-state index contributed by atoms with van der Waals surface area (Å²) in [6, 6.07) is 57.9. The first-order chi connectivity index (χ1) is 33.0. The van der Waals surface area contributed by atoms with Crippen molar-refractivity contribution in [1.82, 2.24) is 24.9 Å². The zero-order chi connectivity index (χ0) is 45.5. The zero-order valence-corrected chi connectivity index (χ0v) is 38.9. The van der Waals surface area contributed by atoms with Gasteiger partial charge >= 0.3 is 7.69 Å². The molecule has 0 unspecified atom stereocenters. The molecule has 3 N–H and O–H groups in total. The lowest BCUT2D eigenvalue weighted by molar-refractivity contribution is -0.481. The highest BCUT2D eigenvalue weighted by molar-refractivity contribution is 9.11. The van der Waals surface area contributed by atoms with E-state index in [-0.39, 0.29) is 0 Å². The molecule has 0 amide bonds. The van der Waals surface area contributed by atoms with Crippen LogP contribution in [0.25, 0.3) is 89.0 Å². The molecule has 0 bridgehead atoms. The molecule has 0 saturated carbocycles. The molecule has 7 aromatic heterocycles. The summed E-state index contributed by atoms with van der Waals surface area (Å²) in [6.07, 6.45) is 15.1. The van der Waals surface area contributed by atoms with Crippen molar-refractivity contribution in [3.63, 3.8) is 0 Å². The number of nitrogens with zero attached hydrogens (tertiary/aromatic N) is 5. The molecule has 7 heterocycles. The van der Waals surface area contributed by atoms with Gasteiger partial charge in [-0.3, -0.25) is 15.0 Å². The maximum atomic E-state index is 8.45. The van der Waals surface area contributed by atoms with Crippen molar-refractivity contribution >= 4 is 72.9 Å².